The molecule has 3 nitrogen and oxygen atoms in total. The lowest BCUT2D eigenvalue weighted by molar-refractivity contribution is 0.865. The van der Waals surface area contributed by atoms with Gasteiger partial charge in [-0.1, -0.05) is 26.0 Å². The van der Waals surface area contributed by atoms with E-state index in [1.165, 1.54) is 5.56 Å². The van der Waals surface area contributed by atoms with Gasteiger partial charge in [0.1, 0.15) is 0 Å². The third kappa shape index (κ3) is 2.16. The molecule has 3 aromatic rings. The van der Waals surface area contributed by atoms with E-state index in [1.54, 1.807) is 0 Å². The number of pyridine rings is 1. The average Bonchev–Trinajstić information content (AvgIpc) is 2.74. The van der Waals surface area contributed by atoms with Crippen molar-refractivity contribution in [3.8, 4) is 5.69 Å². The molecule has 0 spiro atoms. The summed E-state index contributed by atoms with van der Waals surface area (Å²) in [7, 11) is 0. The molecule has 20 heavy (non-hydrogen) atoms. The van der Waals surface area contributed by atoms with Crippen molar-refractivity contribution >= 4 is 23.4 Å². The van der Waals surface area contributed by atoms with E-state index in [4.69, 9.17) is 12.2 Å². The van der Waals surface area contributed by atoms with Crippen LogP contribution in [0.3, 0.4) is 0 Å². The normalized spacial score (nSPS) is 11.4. The van der Waals surface area contributed by atoms with Crippen molar-refractivity contribution in [2.24, 2.45) is 0 Å². The molecule has 0 radical (unpaired) electrons. The van der Waals surface area contributed by atoms with Gasteiger partial charge in [-0.25, -0.2) is 4.98 Å². The molecule has 1 N–H and O–H groups in total. The summed E-state index contributed by atoms with van der Waals surface area (Å²) in [5.74, 6) is 0.528. The first-order chi connectivity index (χ1) is 9.56. The lowest BCUT2D eigenvalue weighted by atomic mass is 10.0. The van der Waals surface area contributed by atoms with Gasteiger partial charge in [0.25, 0.3) is 0 Å². The lowest BCUT2D eigenvalue weighted by Gasteiger charge is -2.08. The Labute approximate surface area is 123 Å². The Kier molecular flexibility index (Phi) is 3.18. The van der Waals surface area contributed by atoms with Gasteiger partial charge < -0.3 is 4.98 Å². The van der Waals surface area contributed by atoms with Gasteiger partial charge in [-0.15, -0.1) is 0 Å². The van der Waals surface area contributed by atoms with E-state index in [0.29, 0.717) is 10.7 Å². The molecule has 102 valence electrons. The Morgan fingerprint density at radius 2 is 1.80 bits per heavy atom. The number of aryl methyl sites for hydroxylation is 1. The Bertz CT molecular complexity index is 810. The van der Waals surface area contributed by atoms with Crippen LogP contribution in [-0.2, 0) is 0 Å². The number of benzene rings is 1. The number of aromatic nitrogens is 3. The molecule has 0 bridgehead atoms. The van der Waals surface area contributed by atoms with Gasteiger partial charge in [0.15, 0.2) is 10.4 Å². The quantitative estimate of drug-likeness (QED) is 0.702. The Balaban J connectivity index is 2.21. The minimum Gasteiger partial charge on any atom is -0.329 e. The smallest absolute Gasteiger partial charge is 0.183 e. The molecule has 0 atom stereocenters. The molecular formula is C16H17N3S. The van der Waals surface area contributed by atoms with Crippen LogP contribution in [0.4, 0.5) is 0 Å². The van der Waals surface area contributed by atoms with Crippen LogP contribution >= 0.6 is 12.2 Å². The van der Waals surface area contributed by atoms with Crippen LogP contribution in [0.5, 0.6) is 0 Å². The van der Waals surface area contributed by atoms with Crippen LogP contribution in [-0.4, -0.2) is 14.5 Å². The lowest BCUT2D eigenvalue weighted by Crippen LogP contribution is -1.97. The molecule has 2 aromatic heterocycles. The molecular weight excluding hydrogens is 266 g/mol. The summed E-state index contributed by atoms with van der Waals surface area (Å²) in [6.45, 7) is 6.37. The Morgan fingerprint density at radius 3 is 2.45 bits per heavy atom. The number of hydrogen-bond donors (Lipinski definition) is 1. The number of fused-ring (bicyclic) bond motifs is 1. The predicted molar refractivity (Wildman–Crippen MR) is 85.1 cm³/mol. The Hall–Kier alpha value is -1.94. The molecule has 0 aliphatic carbocycles. The molecule has 0 saturated carbocycles. The zero-order valence-electron chi connectivity index (χ0n) is 11.8. The molecule has 0 aliphatic heterocycles. The number of aromatic amines is 1. The predicted octanol–water partition coefficient (Wildman–Crippen LogP) is 4.51. The van der Waals surface area contributed by atoms with Gasteiger partial charge in [-0.3, -0.25) is 4.57 Å². The van der Waals surface area contributed by atoms with Gasteiger partial charge in [0, 0.05) is 11.4 Å². The van der Waals surface area contributed by atoms with Crippen LogP contribution in [0, 0.1) is 11.7 Å². The van der Waals surface area contributed by atoms with Crippen molar-refractivity contribution < 1.29 is 0 Å². The fourth-order valence-electron chi connectivity index (χ4n) is 2.33. The molecule has 2 heterocycles. The summed E-state index contributed by atoms with van der Waals surface area (Å²) in [4.78, 5) is 7.80. The van der Waals surface area contributed by atoms with Gasteiger partial charge in [-0.2, -0.15) is 0 Å². The molecule has 1 aromatic carbocycles. The topological polar surface area (TPSA) is 33.6 Å². The highest BCUT2D eigenvalue weighted by molar-refractivity contribution is 7.71. The van der Waals surface area contributed by atoms with E-state index in [9.17, 15) is 0 Å². The third-order valence-electron chi connectivity index (χ3n) is 3.49. The van der Waals surface area contributed by atoms with Gasteiger partial charge in [0.05, 0.1) is 5.52 Å². The fourth-order valence-corrected chi connectivity index (χ4v) is 2.63. The number of H-pyrrole nitrogens is 1. The largest absolute Gasteiger partial charge is 0.329 e. The van der Waals surface area contributed by atoms with Gasteiger partial charge in [0.2, 0.25) is 0 Å². The summed E-state index contributed by atoms with van der Waals surface area (Å²) >= 11 is 5.43. The van der Waals surface area contributed by atoms with Crippen LogP contribution < -0.4 is 0 Å². The van der Waals surface area contributed by atoms with E-state index >= 15 is 0 Å². The van der Waals surface area contributed by atoms with Crippen LogP contribution in [0.1, 0.15) is 31.0 Å². The van der Waals surface area contributed by atoms with E-state index in [2.05, 4.69) is 48.1 Å². The number of hydrogen-bond acceptors (Lipinski definition) is 2. The van der Waals surface area contributed by atoms with E-state index in [0.717, 1.165) is 22.5 Å². The number of nitrogens with zero attached hydrogens (tertiary/aromatic N) is 2. The minimum atomic E-state index is 0.528. The van der Waals surface area contributed by atoms with Crippen molar-refractivity contribution in [1.82, 2.24) is 14.5 Å². The molecule has 0 amide bonds. The third-order valence-corrected chi connectivity index (χ3v) is 3.77. The second-order valence-electron chi connectivity index (χ2n) is 5.34. The fraction of sp³-hybridized carbons (Fsp3) is 0.250. The van der Waals surface area contributed by atoms with Gasteiger partial charge in [-0.05, 0) is 54.9 Å². The molecule has 3 rings (SSSR count). The summed E-state index contributed by atoms with van der Waals surface area (Å²) in [5, 5.41) is 0. The number of imidazole rings is 1. The monoisotopic (exact) mass is 283 g/mol. The summed E-state index contributed by atoms with van der Waals surface area (Å²) in [6, 6.07) is 12.5. The zero-order chi connectivity index (χ0) is 14.3. The second kappa shape index (κ2) is 4.87. The SMILES string of the molecule is Cc1ccc2[nH]c(=S)n(-c3ccc(C(C)C)cc3)c2n1. The molecule has 0 unspecified atom stereocenters. The first kappa shape index (κ1) is 13.1. The number of rotatable bonds is 2. The van der Waals surface area contributed by atoms with Gasteiger partial charge >= 0.3 is 0 Å². The van der Waals surface area contributed by atoms with Crippen LogP contribution in [0.15, 0.2) is 36.4 Å². The van der Waals surface area contributed by atoms with Crippen molar-refractivity contribution in [3.63, 3.8) is 0 Å². The molecule has 4 heteroatoms. The maximum atomic E-state index is 5.43. The minimum absolute atomic E-state index is 0.528. The maximum Gasteiger partial charge on any atom is 0.183 e. The highest BCUT2D eigenvalue weighted by Gasteiger charge is 2.08. The van der Waals surface area contributed by atoms with Crippen LogP contribution in [0.25, 0.3) is 16.9 Å². The van der Waals surface area contributed by atoms with Crippen molar-refractivity contribution in [2.45, 2.75) is 26.7 Å². The molecule has 0 aliphatic rings. The Morgan fingerprint density at radius 1 is 1.10 bits per heavy atom. The molecule has 0 saturated heterocycles. The van der Waals surface area contributed by atoms with E-state index < -0.39 is 0 Å². The maximum absolute atomic E-state index is 5.43. The van der Waals surface area contributed by atoms with E-state index in [-0.39, 0.29) is 0 Å². The zero-order valence-corrected chi connectivity index (χ0v) is 12.7. The van der Waals surface area contributed by atoms with Crippen LogP contribution in [0.2, 0.25) is 0 Å². The van der Waals surface area contributed by atoms with E-state index in [1.807, 2.05) is 23.6 Å². The summed E-state index contributed by atoms with van der Waals surface area (Å²) < 4.78 is 2.66. The first-order valence-electron chi connectivity index (χ1n) is 6.75. The van der Waals surface area contributed by atoms with Crippen molar-refractivity contribution in [1.29, 1.82) is 0 Å². The summed E-state index contributed by atoms with van der Waals surface area (Å²) in [5.41, 5.74) is 5.20. The highest BCUT2D eigenvalue weighted by atomic mass is 32.1. The highest BCUT2D eigenvalue weighted by Crippen LogP contribution is 2.21. The van der Waals surface area contributed by atoms with Crippen molar-refractivity contribution in [3.05, 3.63) is 52.4 Å². The number of nitrogens with one attached hydrogen (secondary N) is 1. The summed E-state index contributed by atoms with van der Waals surface area (Å²) in [6.07, 6.45) is 0. The van der Waals surface area contributed by atoms with Crippen molar-refractivity contribution in [2.75, 3.05) is 0 Å². The first-order valence-corrected chi connectivity index (χ1v) is 7.16. The average molecular weight is 283 g/mol. The standard InChI is InChI=1S/C16H17N3S/c1-10(2)12-5-7-13(8-6-12)19-15-14(18-16(19)20)9-4-11(3)17-15/h4-10H,1-3H3,(H,18,20). The molecule has 0 fully saturated rings. The second-order valence-corrected chi connectivity index (χ2v) is 5.72.